The molecule has 1 saturated heterocycles. The predicted molar refractivity (Wildman–Crippen MR) is 89.1 cm³/mol. The predicted octanol–water partition coefficient (Wildman–Crippen LogP) is 2.75. The summed E-state index contributed by atoms with van der Waals surface area (Å²) in [5, 5.41) is 9.61. The molecule has 130 valence electrons. The monoisotopic (exact) mass is 342 g/mol. The lowest BCUT2D eigenvalue weighted by Gasteiger charge is -2.24. The average Bonchev–Trinajstić information content (AvgIpc) is 3.19. The third-order valence-electron chi connectivity index (χ3n) is 4.92. The number of rotatable bonds is 3. The number of carbonyl (C=O) groups is 2. The molecule has 1 unspecified atom stereocenters. The van der Waals surface area contributed by atoms with Gasteiger partial charge in [-0.3, -0.25) is 10.1 Å². The maximum Gasteiger partial charge on any atom is 0.322 e. The normalized spacial score (nSPS) is 26.4. The van der Waals surface area contributed by atoms with Crippen LogP contribution < -0.4 is 10.6 Å². The minimum Gasteiger partial charge on any atom is -0.322 e. The fourth-order valence-corrected chi connectivity index (χ4v) is 3.62. The second-order valence-corrected chi connectivity index (χ2v) is 6.59. The molecule has 1 aromatic heterocycles. The summed E-state index contributed by atoms with van der Waals surface area (Å²) in [5.41, 5.74) is 2.34. The van der Waals surface area contributed by atoms with Crippen LogP contribution in [0.25, 0.3) is 5.69 Å². The van der Waals surface area contributed by atoms with E-state index in [1.165, 1.54) is 0 Å². The van der Waals surface area contributed by atoms with Gasteiger partial charge in [0.05, 0.1) is 11.4 Å². The Bertz CT molecular complexity index is 797. The van der Waals surface area contributed by atoms with Gasteiger partial charge in [0.1, 0.15) is 12.2 Å². The van der Waals surface area contributed by atoms with Crippen LogP contribution in [0.4, 0.5) is 9.18 Å². The maximum absolute atomic E-state index is 13.5. The molecular weight excluding hydrogens is 323 g/mol. The van der Waals surface area contributed by atoms with Crippen LogP contribution in [0.2, 0.25) is 0 Å². The Kier molecular flexibility index (Phi) is 3.99. The highest BCUT2D eigenvalue weighted by Gasteiger charge is 2.36. The van der Waals surface area contributed by atoms with E-state index >= 15 is 0 Å². The molecule has 2 N–H and O–H groups in total. The molecular formula is C18H19FN4O2. The van der Waals surface area contributed by atoms with Gasteiger partial charge in [0.15, 0.2) is 0 Å². The number of amides is 3. The quantitative estimate of drug-likeness (QED) is 0.842. The third kappa shape index (κ3) is 3.01. The van der Waals surface area contributed by atoms with Gasteiger partial charge in [-0.15, -0.1) is 0 Å². The molecule has 2 aromatic rings. The number of hydrogen-bond donors (Lipinski definition) is 2. The van der Waals surface area contributed by atoms with Crippen molar-refractivity contribution in [2.45, 2.75) is 43.8 Å². The van der Waals surface area contributed by atoms with Crippen molar-refractivity contribution in [3.05, 3.63) is 47.8 Å². The van der Waals surface area contributed by atoms with Gasteiger partial charge < -0.3 is 5.32 Å². The number of urea groups is 1. The Labute approximate surface area is 144 Å². The number of benzene rings is 1. The van der Waals surface area contributed by atoms with Gasteiger partial charge in [-0.25, -0.2) is 13.9 Å². The number of aromatic nitrogens is 2. The van der Waals surface area contributed by atoms with Crippen molar-refractivity contribution in [2.75, 3.05) is 0 Å². The lowest BCUT2D eigenvalue weighted by Crippen LogP contribution is -2.22. The topological polar surface area (TPSA) is 76.0 Å². The molecule has 6 nitrogen and oxygen atoms in total. The Balaban J connectivity index is 1.74. The minimum absolute atomic E-state index is 0.0947. The van der Waals surface area contributed by atoms with Gasteiger partial charge >= 0.3 is 6.03 Å². The summed E-state index contributed by atoms with van der Waals surface area (Å²) in [5.74, 6) is -0.282. The molecule has 1 saturated carbocycles. The summed E-state index contributed by atoms with van der Waals surface area (Å²) < 4.78 is 15.2. The first-order valence-electron chi connectivity index (χ1n) is 8.52. The van der Waals surface area contributed by atoms with Crippen LogP contribution in [0.5, 0.6) is 0 Å². The Morgan fingerprint density at radius 2 is 1.80 bits per heavy atom. The van der Waals surface area contributed by atoms with Gasteiger partial charge in [0.2, 0.25) is 0 Å². The number of hydrogen-bond acceptors (Lipinski definition) is 3. The molecule has 1 atom stereocenters. The first-order valence-corrected chi connectivity index (χ1v) is 8.52. The minimum atomic E-state index is -0.759. The average molecular weight is 342 g/mol. The molecule has 2 aliphatic rings. The second-order valence-electron chi connectivity index (χ2n) is 6.59. The standard InChI is InChI=1S/C18H19FN4O2/c19-12-8-6-11(7-9-12)15-14(16-17(24)21-18(25)20-16)10-23(22-15)13-4-2-1-3-5-13/h1-5,10-12,16H,6-9H2,(H2,20,21,24,25). The molecule has 0 spiro atoms. The maximum atomic E-state index is 13.5. The van der Waals surface area contributed by atoms with E-state index in [0.29, 0.717) is 31.2 Å². The van der Waals surface area contributed by atoms with E-state index in [4.69, 9.17) is 5.10 Å². The van der Waals surface area contributed by atoms with Crippen LogP contribution in [0.3, 0.4) is 0 Å². The van der Waals surface area contributed by atoms with Crippen molar-refractivity contribution < 1.29 is 14.0 Å². The molecule has 2 fully saturated rings. The van der Waals surface area contributed by atoms with Crippen molar-refractivity contribution in [1.29, 1.82) is 0 Å². The Morgan fingerprint density at radius 3 is 2.44 bits per heavy atom. The van der Waals surface area contributed by atoms with Crippen LogP contribution in [0, 0.1) is 0 Å². The van der Waals surface area contributed by atoms with Gasteiger partial charge in [0.25, 0.3) is 5.91 Å². The van der Waals surface area contributed by atoms with Gasteiger partial charge in [-0.05, 0) is 37.8 Å². The fourth-order valence-electron chi connectivity index (χ4n) is 3.62. The molecule has 0 bridgehead atoms. The highest BCUT2D eigenvalue weighted by molar-refractivity contribution is 6.04. The highest BCUT2D eigenvalue weighted by atomic mass is 19.1. The summed E-state index contributed by atoms with van der Waals surface area (Å²) in [4.78, 5) is 23.7. The van der Waals surface area contributed by atoms with E-state index in [-0.39, 0.29) is 11.8 Å². The lowest BCUT2D eigenvalue weighted by atomic mass is 9.84. The van der Waals surface area contributed by atoms with Crippen LogP contribution in [0.15, 0.2) is 36.5 Å². The third-order valence-corrected chi connectivity index (χ3v) is 4.92. The first kappa shape index (κ1) is 15.8. The van der Waals surface area contributed by atoms with Crippen molar-refractivity contribution in [2.24, 2.45) is 0 Å². The molecule has 1 aliphatic heterocycles. The number of carbonyl (C=O) groups excluding carboxylic acids is 2. The van der Waals surface area contributed by atoms with Gasteiger partial charge in [-0.1, -0.05) is 18.2 Å². The summed E-state index contributed by atoms with van der Waals surface area (Å²) in [6, 6.07) is 8.34. The van der Waals surface area contributed by atoms with Crippen LogP contribution in [-0.4, -0.2) is 27.9 Å². The highest BCUT2D eigenvalue weighted by Crippen LogP contribution is 2.37. The molecule has 0 radical (unpaired) electrons. The van der Waals surface area contributed by atoms with E-state index in [2.05, 4.69) is 10.6 Å². The summed E-state index contributed by atoms with van der Waals surface area (Å²) in [6.07, 6.45) is 3.44. The summed E-state index contributed by atoms with van der Waals surface area (Å²) in [6.45, 7) is 0. The molecule has 4 rings (SSSR count). The van der Waals surface area contributed by atoms with E-state index in [1.807, 2.05) is 30.3 Å². The van der Waals surface area contributed by atoms with Crippen LogP contribution in [0.1, 0.15) is 48.9 Å². The molecule has 3 amide bonds. The van der Waals surface area contributed by atoms with E-state index in [0.717, 1.165) is 11.4 Å². The second kappa shape index (κ2) is 6.31. The van der Waals surface area contributed by atoms with Crippen molar-refractivity contribution in [3.63, 3.8) is 0 Å². The zero-order chi connectivity index (χ0) is 17.4. The lowest BCUT2D eigenvalue weighted by molar-refractivity contribution is -0.120. The molecule has 2 heterocycles. The molecule has 1 aromatic carbocycles. The van der Waals surface area contributed by atoms with E-state index < -0.39 is 18.2 Å². The zero-order valence-corrected chi connectivity index (χ0v) is 13.6. The number of imide groups is 1. The number of nitrogens with one attached hydrogen (secondary N) is 2. The smallest absolute Gasteiger partial charge is 0.322 e. The SMILES string of the molecule is O=C1NC(=O)C(c2cn(-c3ccccc3)nc2C2CCC(F)CC2)N1. The number of alkyl halides is 1. The van der Waals surface area contributed by atoms with E-state index in [9.17, 15) is 14.0 Å². The van der Waals surface area contributed by atoms with Crippen molar-refractivity contribution in [3.8, 4) is 5.69 Å². The van der Waals surface area contributed by atoms with Crippen molar-refractivity contribution >= 4 is 11.9 Å². The summed E-state index contributed by atoms with van der Waals surface area (Å²) >= 11 is 0. The van der Waals surface area contributed by atoms with Crippen molar-refractivity contribution in [1.82, 2.24) is 20.4 Å². The van der Waals surface area contributed by atoms with Gasteiger partial charge in [0, 0.05) is 17.7 Å². The largest absolute Gasteiger partial charge is 0.322 e. The number of para-hydroxylation sites is 1. The fraction of sp³-hybridized carbons (Fsp3) is 0.389. The number of halogens is 1. The Morgan fingerprint density at radius 1 is 1.08 bits per heavy atom. The zero-order valence-electron chi connectivity index (χ0n) is 13.6. The molecule has 25 heavy (non-hydrogen) atoms. The first-order chi connectivity index (χ1) is 12.1. The molecule has 1 aliphatic carbocycles. The summed E-state index contributed by atoms with van der Waals surface area (Å²) in [7, 11) is 0. The number of nitrogens with zero attached hydrogens (tertiary/aromatic N) is 2. The van der Waals surface area contributed by atoms with Crippen LogP contribution in [-0.2, 0) is 4.79 Å². The molecule has 7 heteroatoms. The van der Waals surface area contributed by atoms with Gasteiger partial charge in [-0.2, -0.15) is 5.10 Å². The van der Waals surface area contributed by atoms with Crippen LogP contribution >= 0.6 is 0 Å². The van der Waals surface area contributed by atoms with E-state index in [1.54, 1.807) is 10.9 Å². The Hall–Kier alpha value is -2.70.